The lowest BCUT2D eigenvalue weighted by atomic mass is 10.0. The minimum Gasteiger partial charge on any atom is -0.463 e. The number of carbonyl (C=O) groups excluding carboxylic acids is 1. The van der Waals surface area contributed by atoms with Crippen LogP contribution in [0.25, 0.3) is 17.2 Å². The highest BCUT2D eigenvalue weighted by Crippen LogP contribution is 2.23. The standard InChI is InChI=1S/C20H23NO2/c1-4-16(20(22)23-5-2)13-15-9-11-17(12-10-15)18-7-6-8-19(14-18)21-3/h6-14,21H,4-5H2,1-3H3. The molecule has 0 bridgehead atoms. The van der Waals surface area contributed by atoms with Gasteiger partial charge < -0.3 is 10.1 Å². The third-order valence-electron chi connectivity index (χ3n) is 3.65. The number of ether oxygens (including phenoxy) is 1. The number of anilines is 1. The SMILES string of the molecule is CCOC(=O)C(=Cc1ccc(-c2cccc(NC)c2)cc1)CC. The fourth-order valence-corrected chi connectivity index (χ4v) is 2.36. The summed E-state index contributed by atoms with van der Waals surface area (Å²) in [4.78, 5) is 11.8. The molecular formula is C20H23NO2. The summed E-state index contributed by atoms with van der Waals surface area (Å²) in [6.07, 6.45) is 2.55. The van der Waals surface area contributed by atoms with Gasteiger partial charge in [0, 0.05) is 18.3 Å². The lowest BCUT2D eigenvalue weighted by molar-refractivity contribution is -0.138. The van der Waals surface area contributed by atoms with E-state index in [-0.39, 0.29) is 5.97 Å². The molecule has 0 fully saturated rings. The molecule has 0 aliphatic heterocycles. The molecule has 0 saturated carbocycles. The Morgan fingerprint density at radius 3 is 2.43 bits per heavy atom. The van der Waals surface area contributed by atoms with Crippen molar-refractivity contribution >= 4 is 17.7 Å². The molecule has 3 heteroatoms. The minimum atomic E-state index is -0.235. The van der Waals surface area contributed by atoms with E-state index in [2.05, 4.69) is 29.6 Å². The molecule has 2 aromatic rings. The molecule has 0 radical (unpaired) electrons. The van der Waals surface area contributed by atoms with E-state index in [1.807, 2.05) is 51.2 Å². The first-order chi connectivity index (χ1) is 11.2. The monoisotopic (exact) mass is 309 g/mol. The molecule has 3 nitrogen and oxygen atoms in total. The Bertz CT molecular complexity index is 687. The van der Waals surface area contributed by atoms with E-state index < -0.39 is 0 Å². The van der Waals surface area contributed by atoms with E-state index in [4.69, 9.17) is 4.74 Å². The number of hydrogen-bond donors (Lipinski definition) is 1. The number of benzene rings is 2. The Kier molecular flexibility index (Phi) is 5.98. The van der Waals surface area contributed by atoms with Crippen molar-refractivity contribution in [1.29, 1.82) is 0 Å². The van der Waals surface area contributed by atoms with Crippen LogP contribution < -0.4 is 5.32 Å². The predicted molar refractivity (Wildman–Crippen MR) is 96.3 cm³/mol. The average Bonchev–Trinajstić information content (AvgIpc) is 2.60. The molecule has 0 atom stereocenters. The van der Waals surface area contributed by atoms with E-state index >= 15 is 0 Å². The Morgan fingerprint density at radius 2 is 1.83 bits per heavy atom. The molecule has 0 aliphatic rings. The van der Waals surface area contributed by atoms with Crippen molar-refractivity contribution < 1.29 is 9.53 Å². The van der Waals surface area contributed by atoms with E-state index in [1.165, 1.54) is 0 Å². The summed E-state index contributed by atoms with van der Waals surface area (Å²) in [5, 5.41) is 3.15. The van der Waals surface area contributed by atoms with Crippen LogP contribution in [-0.2, 0) is 9.53 Å². The molecule has 120 valence electrons. The molecule has 23 heavy (non-hydrogen) atoms. The molecule has 0 saturated heterocycles. The minimum absolute atomic E-state index is 0.235. The van der Waals surface area contributed by atoms with Crippen molar-refractivity contribution in [2.75, 3.05) is 19.0 Å². The largest absolute Gasteiger partial charge is 0.463 e. The Hall–Kier alpha value is -2.55. The van der Waals surface area contributed by atoms with Crippen molar-refractivity contribution in [3.63, 3.8) is 0 Å². The highest BCUT2D eigenvalue weighted by atomic mass is 16.5. The zero-order valence-electron chi connectivity index (χ0n) is 13.9. The zero-order chi connectivity index (χ0) is 16.7. The van der Waals surface area contributed by atoms with Gasteiger partial charge in [-0.25, -0.2) is 4.79 Å². The van der Waals surface area contributed by atoms with Gasteiger partial charge in [0.05, 0.1) is 6.61 Å². The summed E-state index contributed by atoms with van der Waals surface area (Å²) < 4.78 is 5.07. The highest BCUT2D eigenvalue weighted by molar-refractivity contribution is 5.93. The molecule has 0 heterocycles. The van der Waals surface area contributed by atoms with Crippen LogP contribution in [0.15, 0.2) is 54.1 Å². The fraction of sp³-hybridized carbons (Fsp3) is 0.250. The van der Waals surface area contributed by atoms with E-state index in [0.717, 1.165) is 22.4 Å². The maximum atomic E-state index is 11.8. The van der Waals surface area contributed by atoms with E-state index in [0.29, 0.717) is 18.6 Å². The fourth-order valence-electron chi connectivity index (χ4n) is 2.36. The van der Waals surface area contributed by atoms with Gasteiger partial charge in [-0.15, -0.1) is 0 Å². The van der Waals surface area contributed by atoms with Crippen molar-refractivity contribution in [2.45, 2.75) is 20.3 Å². The van der Waals surface area contributed by atoms with Crippen LogP contribution in [0, 0.1) is 0 Å². The maximum absolute atomic E-state index is 11.8. The second-order valence-corrected chi connectivity index (χ2v) is 5.20. The van der Waals surface area contributed by atoms with Gasteiger partial charge in [0.15, 0.2) is 0 Å². The van der Waals surface area contributed by atoms with Gasteiger partial charge in [0.2, 0.25) is 0 Å². The smallest absolute Gasteiger partial charge is 0.333 e. The third kappa shape index (κ3) is 4.46. The third-order valence-corrected chi connectivity index (χ3v) is 3.65. The molecule has 1 N–H and O–H groups in total. The molecule has 2 rings (SSSR count). The highest BCUT2D eigenvalue weighted by Gasteiger charge is 2.08. The normalized spacial score (nSPS) is 11.2. The van der Waals surface area contributed by atoms with Gasteiger partial charge in [-0.1, -0.05) is 43.3 Å². The van der Waals surface area contributed by atoms with Crippen LogP contribution in [0.5, 0.6) is 0 Å². The molecule has 0 aromatic heterocycles. The van der Waals surface area contributed by atoms with Gasteiger partial charge in [-0.05, 0) is 48.2 Å². The van der Waals surface area contributed by atoms with Crippen LogP contribution >= 0.6 is 0 Å². The summed E-state index contributed by atoms with van der Waals surface area (Å²) >= 11 is 0. The second kappa shape index (κ2) is 8.18. The Labute approximate surface area is 138 Å². The molecule has 0 unspecified atom stereocenters. The van der Waals surface area contributed by atoms with Crippen LogP contribution in [0.3, 0.4) is 0 Å². The first-order valence-corrected chi connectivity index (χ1v) is 7.93. The maximum Gasteiger partial charge on any atom is 0.333 e. The quantitative estimate of drug-likeness (QED) is 0.618. The first kappa shape index (κ1) is 16.8. The van der Waals surface area contributed by atoms with Gasteiger partial charge >= 0.3 is 5.97 Å². The molecule has 0 aliphatic carbocycles. The molecule has 0 spiro atoms. The summed E-state index contributed by atoms with van der Waals surface area (Å²) in [5.74, 6) is -0.235. The van der Waals surface area contributed by atoms with Crippen molar-refractivity contribution in [2.24, 2.45) is 0 Å². The number of rotatable bonds is 6. The van der Waals surface area contributed by atoms with Crippen LogP contribution in [0.2, 0.25) is 0 Å². The van der Waals surface area contributed by atoms with Crippen LogP contribution in [0.1, 0.15) is 25.8 Å². The van der Waals surface area contributed by atoms with Gasteiger partial charge in [-0.3, -0.25) is 0 Å². The van der Waals surface area contributed by atoms with Gasteiger partial charge in [-0.2, -0.15) is 0 Å². The number of esters is 1. The average molecular weight is 309 g/mol. The molecular weight excluding hydrogens is 286 g/mol. The van der Waals surface area contributed by atoms with Gasteiger partial charge in [0.25, 0.3) is 0 Å². The number of carbonyl (C=O) groups is 1. The summed E-state index contributed by atoms with van der Waals surface area (Å²) in [7, 11) is 1.91. The zero-order valence-corrected chi connectivity index (χ0v) is 13.9. The van der Waals surface area contributed by atoms with Crippen molar-refractivity contribution in [1.82, 2.24) is 0 Å². The molecule has 2 aromatic carbocycles. The van der Waals surface area contributed by atoms with E-state index in [9.17, 15) is 4.79 Å². The van der Waals surface area contributed by atoms with E-state index in [1.54, 1.807) is 0 Å². The second-order valence-electron chi connectivity index (χ2n) is 5.20. The number of hydrogen-bond acceptors (Lipinski definition) is 3. The number of nitrogens with one attached hydrogen (secondary N) is 1. The van der Waals surface area contributed by atoms with Crippen LogP contribution in [-0.4, -0.2) is 19.6 Å². The topological polar surface area (TPSA) is 38.3 Å². The lowest BCUT2D eigenvalue weighted by Gasteiger charge is -2.07. The van der Waals surface area contributed by atoms with Crippen molar-refractivity contribution in [3.05, 3.63) is 59.7 Å². The van der Waals surface area contributed by atoms with Crippen LogP contribution in [0.4, 0.5) is 5.69 Å². The van der Waals surface area contributed by atoms with Gasteiger partial charge in [0.1, 0.15) is 0 Å². The van der Waals surface area contributed by atoms with Crippen molar-refractivity contribution in [3.8, 4) is 11.1 Å². The lowest BCUT2D eigenvalue weighted by Crippen LogP contribution is -2.06. The summed E-state index contributed by atoms with van der Waals surface area (Å²) in [6, 6.07) is 16.5. The predicted octanol–water partition coefficient (Wildman–Crippen LogP) is 4.75. The summed E-state index contributed by atoms with van der Waals surface area (Å²) in [5.41, 5.74) is 5.09. The Balaban J connectivity index is 2.23. The molecule has 0 amide bonds. The first-order valence-electron chi connectivity index (χ1n) is 7.93. The Morgan fingerprint density at radius 1 is 1.09 bits per heavy atom. The summed E-state index contributed by atoms with van der Waals surface area (Å²) in [6.45, 7) is 4.18.